The van der Waals surface area contributed by atoms with E-state index in [-0.39, 0.29) is 0 Å². The van der Waals surface area contributed by atoms with Crippen LogP contribution < -0.4 is 11.1 Å². The Labute approximate surface area is 125 Å². The summed E-state index contributed by atoms with van der Waals surface area (Å²) < 4.78 is 5.38. The van der Waals surface area contributed by atoms with Crippen molar-refractivity contribution in [3.05, 3.63) is 46.5 Å². The van der Waals surface area contributed by atoms with Crippen LogP contribution in [-0.4, -0.2) is 4.98 Å². The maximum absolute atomic E-state index is 6.14. The molecule has 2 aromatic heterocycles. The lowest BCUT2D eigenvalue weighted by atomic mass is 10.3. The first-order chi connectivity index (χ1) is 9.63. The Balaban J connectivity index is 1.90. The summed E-state index contributed by atoms with van der Waals surface area (Å²) >= 11 is 7.69. The van der Waals surface area contributed by atoms with Gasteiger partial charge in [0, 0.05) is 10.6 Å². The Morgan fingerprint density at radius 2 is 2.20 bits per heavy atom. The highest BCUT2D eigenvalue weighted by Gasteiger charge is 2.12. The molecular weight excluding hydrogens is 294 g/mol. The molecule has 102 valence electrons. The Morgan fingerprint density at radius 1 is 1.35 bits per heavy atom. The van der Waals surface area contributed by atoms with E-state index in [1.807, 2.05) is 25.1 Å². The van der Waals surface area contributed by atoms with Gasteiger partial charge in [0.15, 0.2) is 10.9 Å². The average Bonchev–Trinajstić information content (AvgIpc) is 3.02. The summed E-state index contributed by atoms with van der Waals surface area (Å²) in [5.74, 6) is 0.759. The second kappa shape index (κ2) is 5.19. The van der Waals surface area contributed by atoms with Gasteiger partial charge in [-0.1, -0.05) is 11.6 Å². The summed E-state index contributed by atoms with van der Waals surface area (Å²) in [5, 5.41) is 4.53. The number of anilines is 3. The van der Waals surface area contributed by atoms with Gasteiger partial charge in [-0.25, -0.2) is 4.98 Å². The summed E-state index contributed by atoms with van der Waals surface area (Å²) in [6, 6.07) is 9.07. The zero-order valence-electron chi connectivity index (χ0n) is 10.7. The number of hydrogen-bond donors (Lipinski definition) is 2. The summed E-state index contributed by atoms with van der Waals surface area (Å²) in [5.41, 5.74) is 7.93. The molecule has 1 aromatic carbocycles. The minimum absolute atomic E-state index is 0.567. The van der Waals surface area contributed by atoms with Crippen molar-refractivity contribution in [2.45, 2.75) is 6.92 Å². The van der Waals surface area contributed by atoms with E-state index >= 15 is 0 Å². The average molecular weight is 306 g/mol. The maximum atomic E-state index is 6.14. The van der Waals surface area contributed by atoms with Gasteiger partial charge in [-0.05, 0) is 37.3 Å². The largest absolute Gasteiger partial charge is 0.463 e. The molecule has 0 saturated heterocycles. The Morgan fingerprint density at radius 3 is 2.90 bits per heavy atom. The van der Waals surface area contributed by atoms with Crippen LogP contribution in [0.2, 0.25) is 5.02 Å². The second-order valence-electron chi connectivity index (χ2n) is 4.27. The molecule has 0 amide bonds. The summed E-state index contributed by atoms with van der Waals surface area (Å²) in [7, 11) is 0. The predicted molar refractivity (Wildman–Crippen MR) is 83.7 cm³/mol. The van der Waals surface area contributed by atoms with Gasteiger partial charge in [0.25, 0.3) is 0 Å². The number of benzene rings is 1. The number of furan rings is 1. The molecule has 0 atom stereocenters. The van der Waals surface area contributed by atoms with E-state index < -0.39 is 0 Å². The van der Waals surface area contributed by atoms with Crippen LogP contribution >= 0.6 is 22.9 Å². The van der Waals surface area contributed by atoms with Crippen LogP contribution in [-0.2, 0) is 0 Å². The van der Waals surface area contributed by atoms with Crippen LogP contribution in [0.15, 0.2) is 41.0 Å². The predicted octanol–water partition coefficient (Wildman–Crippen LogP) is 4.69. The van der Waals surface area contributed by atoms with Crippen LogP contribution in [0.25, 0.3) is 11.5 Å². The van der Waals surface area contributed by atoms with Crippen LogP contribution in [0, 0.1) is 6.92 Å². The second-order valence-corrected chi connectivity index (χ2v) is 5.88. The Hall–Kier alpha value is -1.98. The van der Waals surface area contributed by atoms with Crippen molar-refractivity contribution < 1.29 is 4.42 Å². The molecule has 0 unspecified atom stereocenters. The third-order valence-corrected chi connectivity index (χ3v) is 3.98. The molecule has 0 aliphatic rings. The molecule has 3 aromatic rings. The minimum Gasteiger partial charge on any atom is -0.463 e. The molecule has 4 nitrogen and oxygen atoms in total. The van der Waals surface area contributed by atoms with Crippen LogP contribution in [0.5, 0.6) is 0 Å². The highest BCUT2D eigenvalue weighted by Crippen LogP contribution is 2.34. The summed E-state index contributed by atoms with van der Waals surface area (Å²) in [6.07, 6.45) is 1.64. The zero-order chi connectivity index (χ0) is 14.1. The molecule has 0 aliphatic carbocycles. The Kier molecular flexibility index (Phi) is 3.38. The fourth-order valence-corrected chi connectivity index (χ4v) is 2.91. The number of nitrogen functional groups attached to an aromatic ring is 1. The van der Waals surface area contributed by atoms with Gasteiger partial charge in [-0.15, -0.1) is 11.3 Å². The zero-order valence-corrected chi connectivity index (χ0v) is 12.3. The number of nitrogens with two attached hydrogens (primary N) is 1. The number of aryl methyl sites for hydroxylation is 1. The first kappa shape index (κ1) is 13.0. The van der Waals surface area contributed by atoms with Crippen molar-refractivity contribution in [2.24, 2.45) is 0 Å². The van der Waals surface area contributed by atoms with E-state index in [2.05, 4.69) is 10.3 Å². The smallest absolute Gasteiger partial charge is 0.188 e. The first-order valence-corrected chi connectivity index (χ1v) is 7.16. The standard InChI is InChI=1S/C14H12ClN3OS/c1-8-13(12-3-2-6-19-12)18-14(20-8)17-11-5-4-9(16)7-10(11)15/h2-7H,16H2,1H3,(H,17,18). The molecule has 20 heavy (non-hydrogen) atoms. The quantitative estimate of drug-likeness (QED) is 0.689. The van der Waals surface area contributed by atoms with Gasteiger partial charge < -0.3 is 15.5 Å². The topological polar surface area (TPSA) is 64.1 Å². The van der Waals surface area contributed by atoms with Gasteiger partial charge >= 0.3 is 0 Å². The number of nitrogens with one attached hydrogen (secondary N) is 1. The number of nitrogens with zero attached hydrogens (tertiary/aromatic N) is 1. The van der Waals surface area contributed by atoms with Crippen LogP contribution in [0.4, 0.5) is 16.5 Å². The minimum atomic E-state index is 0.567. The van der Waals surface area contributed by atoms with Gasteiger partial charge in [-0.3, -0.25) is 0 Å². The number of thiazole rings is 1. The molecule has 3 rings (SSSR count). The van der Waals surface area contributed by atoms with E-state index in [1.54, 1.807) is 29.7 Å². The third-order valence-electron chi connectivity index (χ3n) is 2.79. The highest BCUT2D eigenvalue weighted by molar-refractivity contribution is 7.16. The third kappa shape index (κ3) is 2.50. The summed E-state index contributed by atoms with van der Waals surface area (Å²) in [4.78, 5) is 5.61. The lowest BCUT2D eigenvalue weighted by Crippen LogP contribution is -1.92. The van der Waals surface area contributed by atoms with Crippen LogP contribution in [0.1, 0.15) is 4.88 Å². The van der Waals surface area contributed by atoms with Crippen molar-refractivity contribution in [3.63, 3.8) is 0 Å². The number of halogens is 1. The van der Waals surface area contributed by atoms with Crippen molar-refractivity contribution in [1.29, 1.82) is 0 Å². The molecule has 0 fully saturated rings. The van der Waals surface area contributed by atoms with Gasteiger partial charge in [0.1, 0.15) is 5.69 Å². The Bertz CT molecular complexity index is 737. The number of hydrogen-bond acceptors (Lipinski definition) is 5. The fraction of sp³-hybridized carbons (Fsp3) is 0.0714. The molecule has 0 saturated carbocycles. The summed E-state index contributed by atoms with van der Waals surface area (Å²) in [6.45, 7) is 2.01. The van der Waals surface area contributed by atoms with Gasteiger partial charge in [0.05, 0.1) is 17.0 Å². The maximum Gasteiger partial charge on any atom is 0.188 e. The van der Waals surface area contributed by atoms with Crippen LogP contribution in [0.3, 0.4) is 0 Å². The lowest BCUT2D eigenvalue weighted by molar-refractivity contribution is 0.580. The SMILES string of the molecule is Cc1sc(Nc2ccc(N)cc2Cl)nc1-c1ccco1. The molecule has 3 N–H and O–H groups in total. The van der Waals surface area contributed by atoms with E-state index in [0.717, 1.165) is 27.2 Å². The molecule has 6 heteroatoms. The van der Waals surface area contributed by atoms with E-state index in [1.165, 1.54) is 0 Å². The van der Waals surface area contributed by atoms with Gasteiger partial charge in [-0.2, -0.15) is 0 Å². The highest BCUT2D eigenvalue weighted by atomic mass is 35.5. The van der Waals surface area contributed by atoms with Crippen molar-refractivity contribution >= 4 is 39.4 Å². The van der Waals surface area contributed by atoms with Gasteiger partial charge in [0.2, 0.25) is 0 Å². The van der Waals surface area contributed by atoms with E-state index in [0.29, 0.717) is 10.7 Å². The van der Waals surface area contributed by atoms with Crippen molar-refractivity contribution in [3.8, 4) is 11.5 Å². The molecule has 0 aliphatic heterocycles. The lowest BCUT2D eigenvalue weighted by Gasteiger charge is -2.05. The van der Waals surface area contributed by atoms with E-state index in [4.69, 9.17) is 21.8 Å². The molecule has 2 heterocycles. The van der Waals surface area contributed by atoms with Crippen molar-refractivity contribution in [2.75, 3.05) is 11.1 Å². The molecule has 0 radical (unpaired) electrons. The number of aromatic nitrogens is 1. The molecular formula is C14H12ClN3OS. The normalized spacial score (nSPS) is 10.7. The van der Waals surface area contributed by atoms with Crippen molar-refractivity contribution in [1.82, 2.24) is 4.98 Å². The monoisotopic (exact) mass is 305 g/mol. The molecule has 0 bridgehead atoms. The molecule has 0 spiro atoms. The first-order valence-electron chi connectivity index (χ1n) is 5.97. The number of rotatable bonds is 3. The fourth-order valence-electron chi connectivity index (χ4n) is 1.84. The van der Waals surface area contributed by atoms with E-state index in [9.17, 15) is 0 Å².